The Labute approximate surface area is 143 Å². The van der Waals surface area contributed by atoms with Gasteiger partial charge < -0.3 is 5.11 Å². The maximum atomic E-state index is 13.8. The Hall–Kier alpha value is -2.12. The highest BCUT2D eigenvalue weighted by Gasteiger charge is 2.27. The molecule has 126 valence electrons. The summed E-state index contributed by atoms with van der Waals surface area (Å²) in [5.41, 5.74) is 0.884. The van der Waals surface area contributed by atoms with E-state index in [1.165, 1.54) is 12.1 Å². The Morgan fingerprint density at radius 3 is 2.67 bits per heavy atom. The highest BCUT2D eigenvalue weighted by molar-refractivity contribution is 7.92. The summed E-state index contributed by atoms with van der Waals surface area (Å²) in [7, 11) is -4.15. The lowest BCUT2D eigenvalue weighted by Gasteiger charge is -2.13. The molecular weight excluding hydrogens is 357 g/mol. The lowest BCUT2D eigenvalue weighted by molar-refractivity contribution is 0.0696. The number of fused-ring (bicyclic) bond motifs is 1. The van der Waals surface area contributed by atoms with Gasteiger partial charge in [0.2, 0.25) is 0 Å². The van der Waals surface area contributed by atoms with Crippen LogP contribution in [0.4, 0.5) is 10.1 Å². The Morgan fingerprint density at radius 1 is 1.21 bits per heavy atom. The van der Waals surface area contributed by atoms with E-state index in [2.05, 4.69) is 4.72 Å². The topological polar surface area (TPSA) is 83.5 Å². The zero-order chi connectivity index (χ0) is 17.5. The highest BCUT2D eigenvalue weighted by Crippen LogP contribution is 2.32. The molecule has 0 bridgehead atoms. The van der Waals surface area contributed by atoms with E-state index in [1.807, 2.05) is 0 Å². The van der Waals surface area contributed by atoms with Gasteiger partial charge in [-0.2, -0.15) is 0 Å². The van der Waals surface area contributed by atoms with E-state index in [0.717, 1.165) is 24.6 Å². The Bertz CT molecular complexity index is 943. The van der Waals surface area contributed by atoms with Crippen molar-refractivity contribution < 1.29 is 22.7 Å². The minimum absolute atomic E-state index is 0.109. The van der Waals surface area contributed by atoms with Crippen molar-refractivity contribution in [1.29, 1.82) is 0 Å². The predicted molar refractivity (Wildman–Crippen MR) is 87.6 cm³/mol. The third-order valence-corrected chi connectivity index (χ3v) is 5.55. The van der Waals surface area contributed by atoms with Crippen molar-refractivity contribution in [3.8, 4) is 0 Å². The van der Waals surface area contributed by atoms with Crippen molar-refractivity contribution in [1.82, 2.24) is 0 Å². The number of rotatable bonds is 4. The van der Waals surface area contributed by atoms with E-state index in [9.17, 15) is 22.7 Å². The number of sulfonamides is 1. The molecule has 1 aliphatic carbocycles. The molecule has 3 rings (SSSR count). The largest absolute Gasteiger partial charge is 0.478 e. The number of anilines is 1. The fourth-order valence-electron chi connectivity index (χ4n) is 2.80. The summed E-state index contributed by atoms with van der Waals surface area (Å²) in [6, 6.07) is 6.12. The van der Waals surface area contributed by atoms with Gasteiger partial charge in [0.05, 0.1) is 16.1 Å². The molecule has 0 heterocycles. The van der Waals surface area contributed by atoms with Crippen LogP contribution in [0, 0.1) is 5.82 Å². The number of aromatic carboxylic acids is 1. The molecule has 2 aromatic carbocycles. The van der Waals surface area contributed by atoms with E-state index >= 15 is 0 Å². The molecule has 2 N–H and O–H groups in total. The molecule has 0 fully saturated rings. The van der Waals surface area contributed by atoms with Gasteiger partial charge in [0.25, 0.3) is 10.0 Å². The molecule has 0 radical (unpaired) electrons. The highest BCUT2D eigenvalue weighted by atomic mass is 35.5. The van der Waals surface area contributed by atoms with E-state index < -0.39 is 21.8 Å². The first-order valence-corrected chi connectivity index (χ1v) is 9.01. The van der Waals surface area contributed by atoms with Gasteiger partial charge in [-0.25, -0.2) is 17.6 Å². The first-order valence-electron chi connectivity index (χ1n) is 7.15. The van der Waals surface area contributed by atoms with Crippen molar-refractivity contribution in [2.24, 2.45) is 0 Å². The van der Waals surface area contributed by atoms with Crippen molar-refractivity contribution in [3.63, 3.8) is 0 Å². The second-order valence-corrected chi connectivity index (χ2v) is 7.59. The summed E-state index contributed by atoms with van der Waals surface area (Å²) in [5, 5.41) is 9.36. The van der Waals surface area contributed by atoms with Crippen LogP contribution in [0.5, 0.6) is 0 Å². The summed E-state index contributed by atoms with van der Waals surface area (Å²) >= 11 is 5.77. The summed E-state index contributed by atoms with van der Waals surface area (Å²) in [4.78, 5) is 11.1. The number of aryl methyl sites for hydroxylation is 1. The first kappa shape index (κ1) is 16.7. The van der Waals surface area contributed by atoms with Gasteiger partial charge in [-0.1, -0.05) is 11.6 Å². The molecule has 24 heavy (non-hydrogen) atoms. The van der Waals surface area contributed by atoms with Gasteiger partial charge in [-0.15, -0.1) is 0 Å². The van der Waals surface area contributed by atoms with Crippen LogP contribution >= 0.6 is 11.6 Å². The van der Waals surface area contributed by atoms with Crippen LogP contribution < -0.4 is 4.72 Å². The number of hydrogen-bond donors (Lipinski definition) is 2. The number of carboxylic acids is 1. The molecule has 1 aliphatic rings. The minimum Gasteiger partial charge on any atom is -0.478 e. The predicted octanol–water partition coefficient (Wildman–Crippen LogP) is 3.47. The maximum Gasteiger partial charge on any atom is 0.335 e. The third kappa shape index (κ3) is 3.09. The molecule has 0 aromatic heterocycles. The van der Waals surface area contributed by atoms with Crippen LogP contribution in [-0.2, 0) is 22.9 Å². The second kappa shape index (κ2) is 6.07. The number of hydrogen-bond acceptors (Lipinski definition) is 3. The maximum absolute atomic E-state index is 13.8. The lowest BCUT2D eigenvalue weighted by Crippen LogP contribution is -2.17. The molecule has 8 heteroatoms. The Kier molecular flexibility index (Phi) is 4.23. The van der Waals surface area contributed by atoms with Gasteiger partial charge in [0.15, 0.2) is 0 Å². The minimum atomic E-state index is -4.15. The van der Waals surface area contributed by atoms with Crippen molar-refractivity contribution in [2.75, 3.05) is 4.72 Å². The van der Waals surface area contributed by atoms with Crippen molar-refractivity contribution in [3.05, 3.63) is 57.9 Å². The smallest absolute Gasteiger partial charge is 0.335 e. The number of benzene rings is 2. The molecule has 0 atom stereocenters. The monoisotopic (exact) mass is 369 g/mol. The van der Waals surface area contributed by atoms with E-state index in [4.69, 9.17) is 11.6 Å². The molecular formula is C16H13ClFNO4S. The van der Waals surface area contributed by atoms with Crippen LogP contribution in [0.15, 0.2) is 35.2 Å². The van der Waals surface area contributed by atoms with E-state index in [0.29, 0.717) is 24.0 Å². The summed E-state index contributed by atoms with van der Waals surface area (Å²) < 4.78 is 41.3. The zero-order valence-corrected chi connectivity index (χ0v) is 13.9. The van der Waals surface area contributed by atoms with Crippen LogP contribution in [-0.4, -0.2) is 19.5 Å². The average molecular weight is 370 g/mol. The van der Waals surface area contributed by atoms with Crippen LogP contribution in [0.1, 0.15) is 27.9 Å². The molecule has 2 aromatic rings. The second-order valence-electron chi connectivity index (χ2n) is 5.50. The molecule has 5 nitrogen and oxygen atoms in total. The molecule has 0 aliphatic heterocycles. The number of carboxylic acid groups (broad SMARTS) is 1. The van der Waals surface area contributed by atoms with Crippen molar-refractivity contribution in [2.45, 2.75) is 24.2 Å². The Morgan fingerprint density at radius 2 is 1.96 bits per heavy atom. The standard InChI is InChI=1S/C16H13ClFNO4S/c17-11-4-5-13(18)14(8-11)19-24(22,23)15-7-10(16(20)21)6-9-2-1-3-12(9)15/h4-8,19H,1-3H2,(H,20,21). The fourth-order valence-corrected chi connectivity index (χ4v) is 4.37. The molecule has 0 saturated heterocycles. The number of nitrogens with one attached hydrogen (secondary N) is 1. The SMILES string of the molecule is O=C(O)c1cc2c(c(S(=O)(=O)Nc3cc(Cl)ccc3F)c1)CCC2. The molecule has 0 spiro atoms. The quantitative estimate of drug-likeness (QED) is 0.864. The van der Waals surface area contributed by atoms with Gasteiger partial charge >= 0.3 is 5.97 Å². The fraction of sp³-hybridized carbons (Fsp3) is 0.188. The van der Waals surface area contributed by atoms with Gasteiger partial charge in [-0.05, 0) is 60.7 Å². The normalized spacial score (nSPS) is 13.6. The first-order chi connectivity index (χ1) is 11.3. The van der Waals surface area contributed by atoms with Crippen molar-refractivity contribution >= 4 is 33.3 Å². The summed E-state index contributed by atoms with van der Waals surface area (Å²) in [6.45, 7) is 0. The Balaban J connectivity index is 2.10. The van der Waals surface area contributed by atoms with Crippen LogP contribution in [0.3, 0.4) is 0 Å². The summed E-state index contributed by atoms with van der Waals surface area (Å²) in [5.74, 6) is -1.98. The summed E-state index contributed by atoms with van der Waals surface area (Å²) in [6.07, 6.45) is 1.89. The average Bonchev–Trinajstić information content (AvgIpc) is 2.97. The number of carbonyl (C=O) groups is 1. The van der Waals surface area contributed by atoms with Crippen LogP contribution in [0.2, 0.25) is 5.02 Å². The van der Waals surface area contributed by atoms with E-state index in [-0.39, 0.29) is 21.2 Å². The molecule has 0 saturated carbocycles. The lowest BCUT2D eigenvalue weighted by atomic mass is 10.1. The number of halogens is 2. The molecule has 0 unspecified atom stereocenters. The zero-order valence-electron chi connectivity index (χ0n) is 12.3. The third-order valence-electron chi connectivity index (χ3n) is 3.88. The van der Waals surface area contributed by atoms with E-state index in [1.54, 1.807) is 0 Å². The van der Waals surface area contributed by atoms with Gasteiger partial charge in [0, 0.05) is 5.02 Å². The van der Waals surface area contributed by atoms with Crippen LogP contribution in [0.25, 0.3) is 0 Å². The molecule has 0 amide bonds. The van der Waals surface area contributed by atoms with Gasteiger partial charge in [-0.3, -0.25) is 4.72 Å². The van der Waals surface area contributed by atoms with Gasteiger partial charge in [0.1, 0.15) is 5.82 Å².